The van der Waals surface area contributed by atoms with Gasteiger partial charge in [0.25, 0.3) is 5.91 Å². The molecule has 1 fully saturated rings. The van der Waals surface area contributed by atoms with Crippen molar-refractivity contribution in [1.29, 1.82) is 0 Å². The smallest absolute Gasteiger partial charge is 0.274 e. The minimum atomic E-state index is -3.04. The van der Waals surface area contributed by atoms with Gasteiger partial charge in [-0.25, -0.2) is 13.4 Å². The summed E-state index contributed by atoms with van der Waals surface area (Å²) >= 11 is 0. The zero-order valence-electron chi connectivity index (χ0n) is 15.3. The first-order valence-electron chi connectivity index (χ1n) is 8.87. The van der Waals surface area contributed by atoms with Gasteiger partial charge in [-0.1, -0.05) is 13.8 Å². The summed E-state index contributed by atoms with van der Waals surface area (Å²) in [6.45, 7) is 7.03. The molecule has 1 saturated heterocycles. The lowest BCUT2D eigenvalue weighted by Crippen LogP contribution is -2.41. The summed E-state index contributed by atoms with van der Waals surface area (Å²) in [7, 11) is -3.04. The Morgan fingerprint density at radius 1 is 1.46 bits per heavy atom. The Kier molecular flexibility index (Phi) is 5.17. The lowest BCUT2D eigenvalue weighted by molar-refractivity contribution is 0.0702. The van der Waals surface area contributed by atoms with E-state index in [1.165, 1.54) is 0 Å². The molecule has 1 N–H and O–H groups in total. The summed E-state index contributed by atoms with van der Waals surface area (Å²) in [4.78, 5) is 18.8. The van der Waals surface area contributed by atoms with Gasteiger partial charge in [-0.3, -0.25) is 9.89 Å². The van der Waals surface area contributed by atoms with Gasteiger partial charge in [-0.15, -0.1) is 0 Å². The van der Waals surface area contributed by atoms with Crippen LogP contribution >= 0.6 is 0 Å². The van der Waals surface area contributed by atoms with Crippen LogP contribution < -0.4 is 0 Å². The lowest BCUT2D eigenvalue weighted by Gasteiger charge is -2.25. The monoisotopic (exact) mass is 379 g/mol. The summed E-state index contributed by atoms with van der Waals surface area (Å²) in [6.07, 6.45) is 4.16. The van der Waals surface area contributed by atoms with Crippen molar-refractivity contribution >= 4 is 15.7 Å². The molecule has 1 atom stereocenters. The normalized spacial score (nSPS) is 19.2. The van der Waals surface area contributed by atoms with Crippen molar-refractivity contribution in [3.05, 3.63) is 35.7 Å². The first-order chi connectivity index (χ1) is 12.3. The van der Waals surface area contributed by atoms with E-state index in [-0.39, 0.29) is 23.5 Å². The van der Waals surface area contributed by atoms with Crippen LogP contribution in [0.25, 0.3) is 0 Å². The molecule has 2 aromatic heterocycles. The predicted molar refractivity (Wildman–Crippen MR) is 97.8 cm³/mol. The number of imidazole rings is 1. The van der Waals surface area contributed by atoms with E-state index in [4.69, 9.17) is 0 Å². The molecule has 142 valence electrons. The summed E-state index contributed by atoms with van der Waals surface area (Å²) < 4.78 is 25.5. The van der Waals surface area contributed by atoms with E-state index in [9.17, 15) is 13.2 Å². The fourth-order valence-electron chi connectivity index (χ4n) is 3.43. The summed E-state index contributed by atoms with van der Waals surface area (Å²) in [6, 6.07) is 1.47. The summed E-state index contributed by atoms with van der Waals surface area (Å²) in [5.41, 5.74) is 1.13. The molecular weight excluding hydrogens is 354 g/mol. The van der Waals surface area contributed by atoms with Gasteiger partial charge in [0.1, 0.15) is 11.5 Å². The fraction of sp³-hybridized carbons (Fsp3) is 0.588. The number of carbonyl (C=O) groups is 1. The van der Waals surface area contributed by atoms with Crippen molar-refractivity contribution in [2.24, 2.45) is 0 Å². The number of hydrogen-bond acceptors (Lipinski definition) is 5. The molecule has 1 aliphatic rings. The van der Waals surface area contributed by atoms with Crippen LogP contribution in [0.4, 0.5) is 0 Å². The van der Waals surface area contributed by atoms with Gasteiger partial charge in [-0.2, -0.15) is 5.10 Å². The van der Waals surface area contributed by atoms with E-state index in [0.717, 1.165) is 11.5 Å². The van der Waals surface area contributed by atoms with Gasteiger partial charge >= 0.3 is 0 Å². The van der Waals surface area contributed by atoms with Gasteiger partial charge in [0.05, 0.1) is 23.7 Å². The second-order valence-electron chi connectivity index (χ2n) is 6.99. The topological polar surface area (TPSA) is 101 Å². The van der Waals surface area contributed by atoms with E-state index in [2.05, 4.69) is 29.0 Å². The molecule has 0 aliphatic carbocycles. The number of sulfone groups is 1. The van der Waals surface area contributed by atoms with Crippen molar-refractivity contribution in [3.63, 3.8) is 0 Å². The Bertz CT molecular complexity index is 884. The molecule has 9 heteroatoms. The molecule has 0 spiro atoms. The first-order valence-corrected chi connectivity index (χ1v) is 10.7. The summed E-state index contributed by atoms with van der Waals surface area (Å²) in [5, 5.41) is 7.06. The van der Waals surface area contributed by atoms with Gasteiger partial charge in [0.15, 0.2) is 9.84 Å². The van der Waals surface area contributed by atoms with Crippen LogP contribution in [0.5, 0.6) is 0 Å². The number of amides is 1. The van der Waals surface area contributed by atoms with Gasteiger partial charge in [-0.05, 0) is 19.4 Å². The van der Waals surface area contributed by atoms with Crippen molar-refractivity contribution in [3.8, 4) is 0 Å². The van der Waals surface area contributed by atoms with Crippen molar-refractivity contribution in [2.75, 3.05) is 18.1 Å². The van der Waals surface area contributed by atoms with Crippen LogP contribution in [-0.4, -0.2) is 63.1 Å². The SMILES string of the molecule is CCN(C(=O)c1cc(Cn2ccnc2C(C)C)[nH]n1)C1CCS(=O)(=O)C1. The number of nitrogens with zero attached hydrogens (tertiary/aromatic N) is 4. The number of hydrogen-bond donors (Lipinski definition) is 1. The number of rotatable bonds is 6. The molecule has 0 saturated carbocycles. The maximum Gasteiger partial charge on any atom is 0.274 e. The van der Waals surface area contributed by atoms with Gasteiger partial charge in [0.2, 0.25) is 0 Å². The number of carbonyl (C=O) groups excluding carboxylic acids is 1. The maximum atomic E-state index is 12.8. The maximum absolute atomic E-state index is 12.8. The highest BCUT2D eigenvalue weighted by molar-refractivity contribution is 7.91. The Balaban J connectivity index is 1.74. The van der Waals surface area contributed by atoms with E-state index in [1.54, 1.807) is 17.2 Å². The molecule has 1 unspecified atom stereocenters. The molecular formula is C17H25N5O3S. The third-order valence-corrected chi connectivity index (χ3v) is 6.46. The second-order valence-corrected chi connectivity index (χ2v) is 9.22. The molecule has 26 heavy (non-hydrogen) atoms. The Labute approximate surface area is 153 Å². The average Bonchev–Trinajstić information content (AvgIpc) is 3.29. The third kappa shape index (κ3) is 3.82. The first kappa shape index (κ1) is 18.6. The van der Waals surface area contributed by atoms with Crippen LogP contribution in [0.2, 0.25) is 0 Å². The molecule has 1 aliphatic heterocycles. The van der Waals surface area contributed by atoms with E-state index >= 15 is 0 Å². The molecule has 8 nitrogen and oxygen atoms in total. The molecule has 3 heterocycles. The zero-order valence-corrected chi connectivity index (χ0v) is 16.2. The standard InChI is InChI=1S/C17H25N5O3S/c1-4-22(14-5-8-26(24,25)11-14)17(23)15-9-13(19-20-15)10-21-7-6-18-16(21)12(2)3/h6-7,9,12,14H,4-5,8,10-11H2,1-3H3,(H,19,20). The molecule has 2 aromatic rings. The van der Waals surface area contributed by atoms with Crippen molar-refractivity contribution in [1.82, 2.24) is 24.6 Å². The Hall–Kier alpha value is -2.16. The lowest BCUT2D eigenvalue weighted by atomic mass is 10.2. The van der Waals surface area contributed by atoms with Crippen LogP contribution in [0.15, 0.2) is 18.5 Å². The van der Waals surface area contributed by atoms with Crippen LogP contribution in [0, 0.1) is 0 Å². The molecule has 1 amide bonds. The molecule has 3 rings (SSSR count). The van der Waals surface area contributed by atoms with E-state index < -0.39 is 9.84 Å². The Morgan fingerprint density at radius 3 is 2.85 bits per heavy atom. The number of aromatic nitrogens is 4. The number of H-pyrrole nitrogens is 1. The van der Waals surface area contributed by atoms with Crippen LogP contribution in [0.3, 0.4) is 0 Å². The largest absolute Gasteiger partial charge is 0.333 e. The summed E-state index contributed by atoms with van der Waals surface area (Å²) in [5.74, 6) is 1.22. The number of aromatic amines is 1. The molecule has 0 aromatic carbocycles. The highest BCUT2D eigenvalue weighted by atomic mass is 32.2. The van der Waals surface area contributed by atoms with Crippen LogP contribution in [-0.2, 0) is 16.4 Å². The molecule has 0 bridgehead atoms. The fourth-order valence-corrected chi connectivity index (χ4v) is 5.16. The zero-order chi connectivity index (χ0) is 18.9. The van der Waals surface area contributed by atoms with Gasteiger partial charge < -0.3 is 9.47 Å². The second kappa shape index (κ2) is 7.22. The Morgan fingerprint density at radius 2 is 2.23 bits per heavy atom. The molecule has 0 radical (unpaired) electrons. The van der Waals surface area contributed by atoms with E-state index in [1.807, 2.05) is 17.7 Å². The van der Waals surface area contributed by atoms with Crippen molar-refractivity contribution in [2.45, 2.75) is 45.7 Å². The van der Waals surface area contributed by atoms with Crippen molar-refractivity contribution < 1.29 is 13.2 Å². The van der Waals surface area contributed by atoms with E-state index in [0.29, 0.717) is 31.1 Å². The third-order valence-electron chi connectivity index (χ3n) is 4.71. The minimum absolute atomic E-state index is 0.0383. The highest BCUT2D eigenvalue weighted by Gasteiger charge is 2.34. The highest BCUT2D eigenvalue weighted by Crippen LogP contribution is 2.20. The average molecular weight is 379 g/mol. The van der Waals surface area contributed by atoms with Gasteiger partial charge in [0, 0.05) is 30.9 Å². The quantitative estimate of drug-likeness (QED) is 0.818. The van der Waals surface area contributed by atoms with Crippen LogP contribution in [0.1, 0.15) is 55.1 Å². The number of nitrogens with one attached hydrogen (secondary N) is 1. The minimum Gasteiger partial charge on any atom is -0.333 e. The predicted octanol–water partition coefficient (Wildman–Crippen LogP) is 1.43.